The highest BCUT2D eigenvalue weighted by molar-refractivity contribution is 5.79. The van der Waals surface area contributed by atoms with Gasteiger partial charge < -0.3 is 10.0 Å². The fourth-order valence-electron chi connectivity index (χ4n) is 3.57. The lowest BCUT2D eigenvalue weighted by molar-refractivity contribution is -0.145. The van der Waals surface area contributed by atoms with Gasteiger partial charge in [-0.3, -0.25) is 9.59 Å². The third-order valence-electron chi connectivity index (χ3n) is 5.17. The Morgan fingerprint density at radius 2 is 1.89 bits per heavy atom. The molecule has 0 radical (unpaired) electrons. The highest BCUT2D eigenvalue weighted by Gasteiger charge is 2.38. The van der Waals surface area contributed by atoms with Crippen molar-refractivity contribution >= 4 is 17.7 Å². The molecule has 1 fully saturated rings. The fourth-order valence-corrected chi connectivity index (χ4v) is 3.57. The topological polar surface area (TPSA) is 101 Å². The molecule has 1 saturated heterocycles. The number of alkyl halides is 3. The first-order chi connectivity index (χ1) is 13.0. The number of aliphatic carboxylic acids is 1. The molecule has 0 aromatic carbocycles. The van der Waals surface area contributed by atoms with E-state index in [0.717, 1.165) is 4.52 Å². The second kappa shape index (κ2) is 7.02. The van der Waals surface area contributed by atoms with Crippen LogP contribution in [-0.4, -0.2) is 54.6 Å². The van der Waals surface area contributed by atoms with Crippen LogP contribution in [0.5, 0.6) is 0 Å². The molecule has 2 aromatic rings. The number of amides is 1. The van der Waals surface area contributed by atoms with Crippen molar-refractivity contribution in [3.05, 3.63) is 22.8 Å². The Morgan fingerprint density at radius 3 is 2.46 bits per heavy atom. The van der Waals surface area contributed by atoms with Crippen molar-refractivity contribution in [1.29, 1.82) is 0 Å². The SMILES string of the molecule is Cc1nc2nc(C(F)(F)F)nn2c(C)c1CCC(=O)N1C[C@@H](C)[C@H](C(=O)O)C1. The first-order valence-electron chi connectivity index (χ1n) is 8.79. The summed E-state index contributed by atoms with van der Waals surface area (Å²) in [6.45, 7) is 5.59. The number of hydrogen-bond donors (Lipinski definition) is 1. The number of aryl methyl sites for hydroxylation is 2. The van der Waals surface area contributed by atoms with E-state index in [0.29, 0.717) is 23.5 Å². The normalized spacial score (nSPS) is 20.1. The van der Waals surface area contributed by atoms with Crippen molar-refractivity contribution in [2.45, 2.75) is 39.8 Å². The van der Waals surface area contributed by atoms with Gasteiger partial charge in [-0.1, -0.05) is 6.92 Å². The number of hydrogen-bond acceptors (Lipinski definition) is 5. The summed E-state index contributed by atoms with van der Waals surface area (Å²) in [7, 11) is 0. The molecule has 1 N–H and O–H groups in total. The van der Waals surface area contributed by atoms with Gasteiger partial charge >= 0.3 is 12.1 Å². The van der Waals surface area contributed by atoms with Gasteiger partial charge in [0.2, 0.25) is 5.91 Å². The lowest BCUT2D eigenvalue weighted by atomic mass is 9.99. The lowest BCUT2D eigenvalue weighted by Gasteiger charge is -2.17. The summed E-state index contributed by atoms with van der Waals surface area (Å²) in [6.07, 6.45) is -4.30. The van der Waals surface area contributed by atoms with Crippen molar-refractivity contribution in [3.8, 4) is 0 Å². The number of halogens is 3. The van der Waals surface area contributed by atoms with Crippen LogP contribution in [0.2, 0.25) is 0 Å². The number of carboxylic acids is 1. The van der Waals surface area contributed by atoms with Crippen molar-refractivity contribution in [2.75, 3.05) is 13.1 Å². The summed E-state index contributed by atoms with van der Waals surface area (Å²) < 4.78 is 39.6. The van der Waals surface area contributed by atoms with Gasteiger partial charge in [-0.25, -0.2) is 9.50 Å². The predicted octanol–water partition coefficient (Wildman–Crippen LogP) is 1.87. The van der Waals surface area contributed by atoms with Gasteiger partial charge in [0.15, 0.2) is 0 Å². The molecule has 2 aromatic heterocycles. The molecule has 28 heavy (non-hydrogen) atoms. The molecule has 0 bridgehead atoms. The van der Waals surface area contributed by atoms with Crippen molar-refractivity contribution in [2.24, 2.45) is 11.8 Å². The first kappa shape index (κ1) is 20.0. The number of carboxylic acid groups (broad SMARTS) is 1. The third kappa shape index (κ3) is 3.65. The van der Waals surface area contributed by atoms with Crippen LogP contribution in [0.1, 0.15) is 36.1 Å². The van der Waals surface area contributed by atoms with Gasteiger partial charge in [0, 0.05) is 30.9 Å². The minimum Gasteiger partial charge on any atom is -0.481 e. The van der Waals surface area contributed by atoms with Gasteiger partial charge in [-0.05, 0) is 31.7 Å². The standard InChI is InChI=1S/C17H20F3N5O3/c1-8-6-24(7-12(8)14(27)28)13(26)5-4-11-9(2)21-16-22-15(17(18,19)20)23-25(16)10(11)3/h8,12H,4-7H2,1-3H3,(H,27,28)/t8-,12-/m1/s1. The molecular formula is C17H20F3N5O3. The van der Waals surface area contributed by atoms with E-state index in [-0.39, 0.29) is 37.0 Å². The summed E-state index contributed by atoms with van der Waals surface area (Å²) in [5, 5.41) is 12.7. The Hall–Kier alpha value is -2.72. The van der Waals surface area contributed by atoms with Crippen LogP contribution in [-0.2, 0) is 22.2 Å². The fraction of sp³-hybridized carbons (Fsp3) is 0.588. The van der Waals surface area contributed by atoms with Gasteiger partial charge in [0.1, 0.15) is 0 Å². The number of carbonyl (C=O) groups is 2. The van der Waals surface area contributed by atoms with Gasteiger partial charge in [-0.2, -0.15) is 18.2 Å². The second-order valence-electron chi connectivity index (χ2n) is 7.13. The van der Waals surface area contributed by atoms with E-state index < -0.39 is 23.9 Å². The second-order valence-corrected chi connectivity index (χ2v) is 7.13. The molecule has 0 saturated carbocycles. The molecule has 0 unspecified atom stereocenters. The maximum Gasteiger partial charge on any atom is 0.453 e. The van der Waals surface area contributed by atoms with Gasteiger partial charge in [0.05, 0.1) is 5.92 Å². The van der Waals surface area contributed by atoms with E-state index in [4.69, 9.17) is 0 Å². The quantitative estimate of drug-likeness (QED) is 0.843. The average Bonchev–Trinajstić information content (AvgIpc) is 3.18. The lowest BCUT2D eigenvalue weighted by Crippen LogP contribution is -2.30. The molecule has 3 rings (SSSR count). The maximum atomic E-state index is 12.8. The minimum absolute atomic E-state index is 0.106. The molecule has 0 spiro atoms. The molecule has 1 aliphatic heterocycles. The van der Waals surface area contributed by atoms with Gasteiger partial charge in [0.25, 0.3) is 11.6 Å². The van der Waals surface area contributed by atoms with Crippen LogP contribution < -0.4 is 0 Å². The molecule has 0 aliphatic carbocycles. The van der Waals surface area contributed by atoms with Crippen LogP contribution >= 0.6 is 0 Å². The summed E-state index contributed by atoms with van der Waals surface area (Å²) >= 11 is 0. The Bertz CT molecular complexity index is 940. The summed E-state index contributed by atoms with van der Waals surface area (Å²) in [5.41, 5.74) is 1.55. The maximum absolute atomic E-state index is 12.8. The van der Waals surface area contributed by atoms with Gasteiger partial charge in [-0.15, -0.1) is 5.10 Å². The molecule has 3 heterocycles. The van der Waals surface area contributed by atoms with E-state index in [2.05, 4.69) is 15.1 Å². The largest absolute Gasteiger partial charge is 0.481 e. The van der Waals surface area contributed by atoms with E-state index >= 15 is 0 Å². The van der Waals surface area contributed by atoms with Crippen molar-refractivity contribution in [1.82, 2.24) is 24.5 Å². The Labute approximate surface area is 158 Å². The Kier molecular flexibility index (Phi) is 5.02. The molecular weight excluding hydrogens is 379 g/mol. The first-order valence-corrected chi connectivity index (χ1v) is 8.79. The summed E-state index contributed by atoms with van der Waals surface area (Å²) in [4.78, 5) is 32.7. The molecule has 152 valence electrons. The minimum atomic E-state index is -4.67. The zero-order valence-corrected chi connectivity index (χ0v) is 15.6. The van der Waals surface area contributed by atoms with Crippen LogP contribution in [0.25, 0.3) is 5.78 Å². The van der Waals surface area contributed by atoms with E-state index in [1.165, 1.54) is 4.90 Å². The summed E-state index contributed by atoms with van der Waals surface area (Å²) in [5.74, 6) is -3.23. The number of nitrogens with zero attached hydrogens (tertiary/aromatic N) is 5. The predicted molar refractivity (Wildman–Crippen MR) is 90.4 cm³/mol. The van der Waals surface area contributed by atoms with E-state index in [1.807, 2.05) is 0 Å². The smallest absolute Gasteiger partial charge is 0.453 e. The Balaban J connectivity index is 1.77. The van der Waals surface area contributed by atoms with Crippen LogP contribution in [0.4, 0.5) is 13.2 Å². The molecule has 11 heteroatoms. The van der Waals surface area contributed by atoms with E-state index in [1.54, 1.807) is 20.8 Å². The van der Waals surface area contributed by atoms with Crippen LogP contribution in [0.3, 0.4) is 0 Å². The number of likely N-dealkylation sites (tertiary alicyclic amines) is 1. The number of fused-ring (bicyclic) bond motifs is 1. The van der Waals surface area contributed by atoms with Crippen LogP contribution in [0, 0.1) is 25.7 Å². The molecule has 1 aliphatic rings. The highest BCUT2D eigenvalue weighted by Crippen LogP contribution is 2.28. The van der Waals surface area contributed by atoms with Crippen LogP contribution in [0.15, 0.2) is 0 Å². The molecule has 8 nitrogen and oxygen atoms in total. The van der Waals surface area contributed by atoms with E-state index in [9.17, 15) is 27.9 Å². The molecule has 2 atom stereocenters. The molecule has 1 amide bonds. The zero-order valence-electron chi connectivity index (χ0n) is 15.6. The average molecular weight is 399 g/mol. The number of carbonyl (C=O) groups excluding carboxylic acids is 1. The van der Waals surface area contributed by atoms with Crippen molar-refractivity contribution in [3.63, 3.8) is 0 Å². The zero-order chi connectivity index (χ0) is 20.8. The third-order valence-corrected chi connectivity index (χ3v) is 5.17. The summed E-state index contributed by atoms with van der Waals surface area (Å²) in [6, 6.07) is 0. The number of aromatic nitrogens is 4. The highest BCUT2D eigenvalue weighted by atomic mass is 19.4. The number of rotatable bonds is 4. The monoisotopic (exact) mass is 399 g/mol. The van der Waals surface area contributed by atoms with Crippen molar-refractivity contribution < 1.29 is 27.9 Å². The Morgan fingerprint density at radius 1 is 1.21 bits per heavy atom.